The third kappa shape index (κ3) is 3.16. The van der Waals surface area contributed by atoms with E-state index in [1.54, 1.807) is 18.2 Å². The summed E-state index contributed by atoms with van der Waals surface area (Å²) < 4.78 is 35.0. The van der Waals surface area contributed by atoms with Crippen LogP contribution in [0.15, 0.2) is 24.3 Å². The van der Waals surface area contributed by atoms with Crippen LogP contribution in [0.4, 0.5) is 8.78 Å². The second kappa shape index (κ2) is 6.41. The van der Waals surface area contributed by atoms with Crippen LogP contribution in [0.25, 0.3) is 0 Å². The summed E-state index contributed by atoms with van der Waals surface area (Å²) in [5.74, 6) is -0.736. The predicted octanol–water partition coefficient (Wildman–Crippen LogP) is 2.21. The average Bonchev–Trinajstić information content (AvgIpc) is 2.88. The second-order valence-corrected chi connectivity index (χ2v) is 6.14. The van der Waals surface area contributed by atoms with Crippen molar-refractivity contribution in [1.82, 2.24) is 4.90 Å². The Hall–Kier alpha value is -1.73. The van der Waals surface area contributed by atoms with E-state index in [9.17, 15) is 18.7 Å². The molecule has 0 spiro atoms. The molecule has 23 heavy (non-hydrogen) atoms. The zero-order valence-electron chi connectivity index (χ0n) is 12.6. The van der Waals surface area contributed by atoms with Gasteiger partial charge in [-0.3, -0.25) is 9.69 Å². The van der Waals surface area contributed by atoms with Gasteiger partial charge in [-0.2, -0.15) is 8.78 Å². The largest absolute Gasteiger partial charge is 0.481 e. The van der Waals surface area contributed by atoms with Crippen LogP contribution in [0.5, 0.6) is 5.75 Å². The van der Waals surface area contributed by atoms with Crippen LogP contribution in [-0.4, -0.2) is 48.9 Å². The molecule has 0 aromatic heterocycles. The third-order valence-electron chi connectivity index (χ3n) is 4.79. The van der Waals surface area contributed by atoms with E-state index in [1.165, 1.54) is 6.07 Å². The van der Waals surface area contributed by atoms with Crippen molar-refractivity contribution in [3.63, 3.8) is 0 Å². The lowest BCUT2D eigenvalue weighted by Gasteiger charge is -2.34. The number of ether oxygens (including phenoxy) is 2. The van der Waals surface area contributed by atoms with Gasteiger partial charge < -0.3 is 14.6 Å². The third-order valence-corrected chi connectivity index (χ3v) is 4.79. The Kier molecular flexibility index (Phi) is 4.50. The summed E-state index contributed by atoms with van der Waals surface area (Å²) in [4.78, 5) is 13.7. The molecule has 2 atom stereocenters. The molecule has 0 amide bonds. The molecule has 0 radical (unpaired) electrons. The fourth-order valence-electron chi connectivity index (χ4n) is 3.61. The highest BCUT2D eigenvalue weighted by Crippen LogP contribution is 2.43. The summed E-state index contributed by atoms with van der Waals surface area (Å²) in [6, 6.07) is 6.62. The van der Waals surface area contributed by atoms with E-state index in [4.69, 9.17) is 4.74 Å². The number of fused-ring (bicyclic) bond motifs is 1. The summed E-state index contributed by atoms with van der Waals surface area (Å²) in [5, 5.41) is 9.65. The smallest absolute Gasteiger partial charge is 0.387 e. The molecular formula is C16H19F2NO4. The van der Waals surface area contributed by atoms with Crippen LogP contribution in [-0.2, 0) is 16.1 Å². The first-order valence-corrected chi connectivity index (χ1v) is 7.57. The van der Waals surface area contributed by atoms with E-state index in [2.05, 4.69) is 4.74 Å². The van der Waals surface area contributed by atoms with Crippen LogP contribution in [0.1, 0.15) is 12.0 Å². The van der Waals surface area contributed by atoms with E-state index in [0.717, 1.165) is 0 Å². The number of nitrogens with zero attached hydrogens (tertiary/aromatic N) is 1. The highest BCUT2D eigenvalue weighted by atomic mass is 19.3. The molecule has 1 aromatic rings. The minimum Gasteiger partial charge on any atom is -0.481 e. The Morgan fingerprint density at radius 3 is 2.96 bits per heavy atom. The van der Waals surface area contributed by atoms with E-state index >= 15 is 0 Å². The van der Waals surface area contributed by atoms with Crippen molar-refractivity contribution >= 4 is 5.97 Å². The number of hydrogen-bond acceptors (Lipinski definition) is 4. The molecule has 0 aliphatic carbocycles. The van der Waals surface area contributed by atoms with E-state index in [1.807, 2.05) is 4.90 Å². The topological polar surface area (TPSA) is 59.0 Å². The van der Waals surface area contributed by atoms with Crippen LogP contribution in [0.2, 0.25) is 0 Å². The van der Waals surface area contributed by atoms with Gasteiger partial charge in [-0.15, -0.1) is 0 Å². The molecule has 2 aliphatic rings. The molecule has 0 bridgehead atoms. The van der Waals surface area contributed by atoms with Crippen molar-refractivity contribution < 1.29 is 28.2 Å². The van der Waals surface area contributed by atoms with Gasteiger partial charge in [0, 0.05) is 37.7 Å². The summed E-state index contributed by atoms with van der Waals surface area (Å²) in [5.41, 5.74) is -0.163. The van der Waals surface area contributed by atoms with Crippen molar-refractivity contribution in [1.29, 1.82) is 0 Å². The quantitative estimate of drug-likeness (QED) is 0.898. The zero-order valence-corrected chi connectivity index (χ0v) is 12.6. The minimum atomic E-state index is -2.88. The average molecular weight is 327 g/mol. The van der Waals surface area contributed by atoms with Gasteiger partial charge in [0.1, 0.15) is 5.75 Å². The summed E-state index contributed by atoms with van der Waals surface area (Å²) in [7, 11) is 0. The number of carboxylic acid groups (broad SMARTS) is 1. The first-order valence-electron chi connectivity index (χ1n) is 7.57. The van der Waals surface area contributed by atoms with Gasteiger partial charge in [-0.1, -0.05) is 18.2 Å². The Morgan fingerprint density at radius 2 is 2.26 bits per heavy atom. The minimum absolute atomic E-state index is 0.0723. The Morgan fingerprint density at radius 1 is 1.48 bits per heavy atom. The van der Waals surface area contributed by atoms with Gasteiger partial charge in [0.25, 0.3) is 0 Å². The number of aliphatic carboxylic acids is 1. The predicted molar refractivity (Wildman–Crippen MR) is 77.3 cm³/mol. The number of carbonyl (C=O) groups is 1. The fourth-order valence-corrected chi connectivity index (χ4v) is 3.61. The molecule has 7 heteroatoms. The number of halogens is 2. The van der Waals surface area contributed by atoms with Crippen LogP contribution < -0.4 is 4.74 Å². The lowest BCUT2D eigenvalue weighted by molar-refractivity contribution is -0.157. The Bertz CT molecular complexity index is 583. The monoisotopic (exact) mass is 327 g/mol. The Labute approximate surface area is 132 Å². The summed E-state index contributed by atoms with van der Waals surface area (Å²) in [6.45, 7) is -0.640. The van der Waals surface area contributed by atoms with Crippen molar-refractivity contribution in [2.45, 2.75) is 19.6 Å². The number of carboxylic acids is 1. The number of benzene rings is 1. The molecule has 1 aromatic carbocycles. The van der Waals surface area contributed by atoms with Crippen LogP contribution >= 0.6 is 0 Å². The lowest BCUT2D eigenvalue weighted by Crippen LogP contribution is -2.44. The first kappa shape index (κ1) is 16.1. The highest BCUT2D eigenvalue weighted by molar-refractivity contribution is 5.76. The molecule has 126 valence electrons. The number of hydrogen-bond donors (Lipinski definition) is 1. The normalized spacial score (nSPS) is 27.9. The maximum Gasteiger partial charge on any atom is 0.387 e. The van der Waals surface area contributed by atoms with E-state index < -0.39 is 18.0 Å². The SMILES string of the molecule is O=C(O)[C@]12CCOC[C@H]1CN(Cc1ccccc1OC(F)F)C2. The number of para-hydroxylation sites is 1. The molecule has 3 rings (SSSR count). The van der Waals surface area contributed by atoms with Gasteiger partial charge >= 0.3 is 12.6 Å². The number of alkyl halides is 2. The highest BCUT2D eigenvalue weighted by Gasteiger charge is 2.53. The zero-order chi connectivity index (χ0) is 16.4. The van der Waals surface area contributed by atoms with Crippen molar-refractivity contribution in [2.75, 3.05) is 26.3 Å². The van der Waals surface area contributed by atoms with Crippen molar-refractivity contribution in [3.05, 3.63) is 29.8 Å². The molecule has 1 N–H and O–H groups in total. The van der Waals surface area contributed by atoms with Crippen LogP contribution in [0.3, 0.4) is 0 Å². The molecular weight excluding hydrogens is 308 g/mol. The van der Waals surface area contributed by atoms with Crippen molar-refractivity contribution in [2.24, 2.45) is 11.3 Å². The maximum absolute atomic E-state index is 12.5. The number of rotatable bonds is 5. The van der Waals surface area contributed by atoms with Gasteiger partial charge in [-0.25, -0.2) is 0 Å². The molecule has 0 saturated carbocycles. The van der Waals surface area contributed by atoms with Crippen molar-refractivity contribution in [3.8, 4) is 5.75 Å². The van der Waals surface area contributed by atoms with Gasteiger partial charge in [0.15, 0.2) is 0 Å². The van der Waals surface area contributed by atoms with Gasteiger partial charge in [-0.05, 0) is 12.5 Å². The maximum atomic E-state index is 12.5. The fraction of sp³-hybridized carbons (Fsp3) is 0.562. The lowest BCUT2D eigenvalue weighted by atomic mass is 9.74. The molecule has 0 unspecified atom stereocenters. The standard InChI is InChI=1S/C16H19F2NO4/c17-15(18)23-13-4-2-1-3-11(13)7-19-8-12-9-22-6-5-16(12,10-19)14(20)21/h1-4,12,15H,5-10H2,(H,20,21)/t12-,16+/m1/s1. The first-order chi connectivity index (χ1) is 11.0. The Balaban J connectivity index is 1.76. The molecule has 2 heterocycles. The summed E-state index contributed by atoms with van der Waals surface area (Å²) in [6.07, 6.45) is 0.485. The molecule has 2 saturated heterocycles. The number of likely N-dealkylation sites (tertiary alicyclic amines) is 1. The van der Waals surface area contributed by atoms with Crippen LogP contribution in [0, 0.1) is 11.3 Å². The molecule has 2 aliphatic heterocycles. The van der Waals surface area contributed by atoms with Gasteiger partial charge in [0.2, 0.25) is 0 Å². The second-order valence-electron chi connectivity index (χ2n) is 6.14. The summed E-state index contributed by atoms with van der Waals surface area (Å²) >= 11 is 0. The van der Waals surface area contributed by atoms with Gasteiger partial charge in [0.05, 0.1) is 12.0 Å². The molecule has 5 nitrogen and oxygen atoms in total. The van der Waals surface area contributed by atoms with E-state index in [0.29, 0.717) is 44.8 Å². The van der Waals surface area contributed by atoms with E-state index in [-0.39, 0.29) is 11.7 Å². The molecule has 2 fully saturated rings.